The number of carbonyl (C=O) groups is 1. The minimum atomic E-state index is -6.04. The molecule has 0 bridgehead atoms. The molecule has 1 amide bonds. The number of alkyl halides is 6. The predicted octanol–water partition coefficient (Wildman–Crippen LogP) is 6.46. The molecular weight excluding hydrogens is 491 g/mol. The van der Waals surface area contributed by atoms with E-state index in [1.54, 1.807) is 13.0 Å². The highest BCUT2D eigenvalue weighted by atomic mass is 35.5. The van der Waals surface area contributed by atoms with Crippen molar-refractivity contribution in [2.45, 2.75) is 38.3 Å². The van der Waals surface area contributed by atoms with Crippen LogP contribution in [0.15, 0.2) is 18.2 Å². The number of nitrogens with one attached hydrogen (secondary N) is 2. The first-order valence-corrected chi connectivity index (χ1v) is 9.97. The van der Waals surface area contributed by atoms with E-state index in [1.165, 1.54) is 12.2 Å². The Morgan fingerprint density at radius 2 is 1.74 bits per heavy atom. The molecule has 2 N–H and O–H groups in total. The van der Waals surface area contributed by atoms with E-state index >= 15 is 0 Å². The standard InChI is InChI=1S/C18H13Cl2F6N3OS/c1-3-10-8(2)31-15(12(10)7-27)29-16(17(21,22)23,18(24,25)26)28-14(30)11-5-4-9(19)6-13(11)20/h4-6,29H,3H2,1-2H3,(H,28,30). The molecular formula is C18H13Cl2F6N3OS. The number of anilines is 1. The number of hydrogen-bond acceptors (Lipinski definition) is 4. The smallest absolute Gasteiger partial charge is 0.338 e. The molecule has 0 aliphatic heterocycles. The minimum Gasteiger partial charge on any atom is -0.338 e. The molecule has 0 radical (unpaired) electrons. The maximum atomic E-state index is 13.9. The summed E-state index contributed by atoms with van der Waals surface area (Å²) in [7, 11) is 0. The molecule has 2 aromatic rings. The lowest BCUT2D eigenvalue weighted by Gasteiger charge is -2.38. The van der Waals surface area contributed by atoms with E-state index in [-0.39, 0.29) is 17.0 Å². The van der Waals surface area contributed by atoms with Gasteiger partial charge in [-0.25, -0.2) is 0 Å². The van der Waals surface area contributed by atoms with Crippen LogP contribution in [-0.2, 0) is 6.42 Å². The third-order valence-corrected chi connectivity index (χ3v) is 5.91. The molecule has 13 heteroatoms. The van der Waals surface area contributed by atoms with Crippen molar-refractivity contribution < 1.29 is 31.1 Å². The first-order valence-electron chi connectivity index (χ1n) is 8.40. The number of thiophene rings is 1. The number of benzene rings is 1. The van der Waals surface area contributed by atoms with Crippen molar-refractivity contribution in [3.63, 3.8) is 0 Å². The van der Waals surface area contributed by atoms with Gasteiger partial charge in [0.2, 0.25) is 0 Å². The van der Waals surface area contributed by atoms with E-state index in [1.807, 2.05) is 0 Å². The molecule has 0 atom stereocenters. The lowest BCUT2D eigenvalue weighted by atomic mass is 10.1. The quantitative estimate of drug-likeness (QED) is 0.363. The van der Waals surface area contributed by atoms with Gasteiger partial charge in [0.1, 0.15) is 11.1 Å². The number of amides is 1. The zero-order valence-electron chi connectivity index (χ0n) is 15.7. The third kappa shape index (κ3) is 4.71. The van der Waals surface area contributed by atoms with Crippen molar-refractivity contribution in [1.29, 1.82) is 5.26 Å². The average molecular weight is 504 g/mol. The highest BCUT2D eigenvalue weighted by molar-refractivity contribution is 7.16. The summed E-state index contributed by atoms with van der Waals surface area (Å²) in [6.07, 6.45) is -11.9. The fourth-order valence-corrected chi connectivity index (χ4v) is 4.41. The molecule has 0 aliphatic rings. The normalized spacial score (nSPS) is 12.4. The van der Waals surface area contributed by atoms with E-state index in [4.69, 9.17) is 23.2 Å². The molecule has 0 fully saturated rings. The summed E-state index contributed by atoms with van der Waals surface area (Å²) in [5, 5.41) is 10.6. The van der Waals surface area contributed by atoms with Crippen LogP contribution in [-0.4, -0.2) is 23.9 Å². The SMILES string of the molecule is CCc1c(C)sc(NC(NC(=O)c2ccc(Cl)cc2Cl)(C(F)(F)F)C(F)(F)F)c1C#N. The predicted molar refractivity (Wildman–Crippen MR) is 106 cm³/mol. The molecule has 1 aromatic heterocycles. The second kappa shape index (κ2) is 8.76. The zero-order valence-corrected chi connectivity index (χ0v) is 18.1. The van der Waals surface area contributed by atoms with Crippen LogP contribution in [0.4, 0.5) is 31.3 Å². The van der Waals surface area contributed by atoms with Crippen LogP contribution in [0.25, 0.3) is 0 Å². The first kappa shape index (κ1) is 25.1. The van der Waals surface area contributed by atoms with Crippen molar-refractivity contribution in [3.05, 3.63) is 49.8 Å². The minimum absolute atomic E-state index is 0.0254. The highest BCUT2D eigenvalue weighted by Crippen LogP contribution is 2.46. The topological polar surface area (TPSA) is 64.9 Å². The maximum Gasteiger partial charge on any atom is 0.439 e. The summed E-state index contributed by atoms with van der Waals surface area (Å²) in [6.45, 7) is 3.06. The molecule has 0 unspecified atom stereocenters. The molecule has 0 aliphatic carbocycles. The van der Waals surface area contributed by atoms with Crippen LogP contribution in [0.1, 0.15) is 33.3 Å². The van der Waals surface area contributed by atoms with Crippen molar-refractivity contribution in [1.82, 2.24) is 5.32 Å². The number of hydrogen-bond donors (Lipinski definition) is 2. The molecule has 0 saturated carbocycles. The molecule has 31 heavy (non-hydrogen) atoms. The van der Waals surface area contributed by atoms with Crippen LogP contribution >= 0.6 is 34.5 Å². The Morgan fingerprint density at radius 1 is 1.16 bits per heavy atom. The molecule has 2 rings (SSSR count). The van der Waals surface area contributed by atoms with E-state index in [9.17, 15) is 36.4 Å². The Kier molecular flexibility index (Phi) is 7.10. The number of nitriles is 1. The van der Waals surface area contributed by atoms with E-state index < -0.39 is 39.5 Å². The van der Waals surface area contributed by atoms with Crippen LogP contribution in [0.3, 0.4) is 0 Å². The van der Waals surface area contributed by atoms with Gasteiger partial charge >= 0.3 is 18.0 Å². The van der Waals surface area contributed by atoms with Gasteiger partial charge in [0, 0.05) is 9.90 Å². The fraction of sp³-hybridized carbons (Fsp3) is 0.333. The van der Waals surface area contributed by atoms with Crippen molar-refractivity contribution in [2.75, 3.05) is 5.32 Å². The van der Waals surface area contributed by atoms with Gasteiger partial charge in [0.15, 0.2) is 0 Å². The zero-order chi connectivity index (χ0) is 23.8. The van der Waals surface area contributed by atoms with Gasteiger partial charge in [-0.15, -0.1) is 11.3 Å². The van der Waals surface area contributed by atoms with E-state index in [0.29, 0.717) is 21.8 Å². The number of carbonyl (C=O) groups excluding carboxylic acids is 1. The summed E-state index contributed by atoms with van der Waals surface area (Å²) < 4.78 is 83.4. The fourth-order valence-electron chi connectivity index (χ4n) is 2.77. The summed E-state index contributed by atoms with van der Waals surface area (Å²) in [6, 6.07) is 4.60. The number of aryl methyl sites for hydroxylation is 1. The molecule has 0 saturated heterocycles. The largest absolute Gasteiger partial charge is 0.439 e. The average Bonchev–Trinajstić information content (AvgIpc) is 2.92. The Morgan fingerprint density at radius 3 is 2.19 bits per heavy atom. The Hall–Kier alpha value is -2.16. The van der Waals surface area contributed by atoms with Gasteiger partial charge in [-0.2, -0.15) is 31.6 Å². The first-order chi connectivity index (χ1) is 14.2. The van der Waals surface area contributed by atoms with Gasteiger partial charge < -0.3 is 10.6 Å². The van der Waals surface area contributed by atoms with Gasteiger partial charge in [-0.05, 0) is 37.1 Å². The van der Waals surface area contributed by atoms with Crippen LogP contribution in [0, 0.1) is 18.3 Å². The van der Waals surface area contributed by atoms with E-state index in [2.05, 4.69) is 0 Å². The molecule has 4 nitrogen and oxygen atoms in total. The second-order valence-corrected chi connectivity index (χ2v) is 8.32. The lowest BCUT2D eigenvalue weighted by molar-refractivity contribution is -0.293. The van der Waals surface area contributed by atoms with Gasteiger partial charge in [-0.1, -0.05) is 30.1 Å². The second-order valence-electron chi connectivity index (χ2n) is 6.26. The third-order valence-electron chi connectivity index (χ3n) is 4.30. The van der Waals surface area contributed by atoms with Crippen molar-refractivity contribution in [2.24, 2.45) is 0 Å². The molecule has 168 valence electrons. The summed E-state index contributed by atoms with van der Waals surface area (Å²) in [4.78, 5) is 12.8. The summed E-state index contributed by atoms with van der Waals surface area (Å²) in [5.74, 6) is -1.74. The Balaban J connectivity index is 2.66. The van der Waals surface area contributed by atoms with Crippen LogP contribution in [0.5, 0.6) is 0 Å². The molecule has 0 spiro atoms. The number of nitrogens with zero attached hydrogens (tertiary/aromatic N) is 1. The highest BCUT2D eigenvalue weighted by Gasteiger charge is 2.73. The van der Waals surface area contributed by atoms with Crippen LogP contribution < -0.4 is 10.6 Å². The Labute approximate surface area is 186 Å². The molecule has 1 heterocycles. The lowest BCUT2D eigenvalue weighted by Crippen LogP contribution is -2.72. The number of halogens is 8. The summed E-state index contributed by atoms with van der Waals surface area (Å²) >= 11 is 12.0. The Bertz CT molecular complexity index is 1030. The van der Waals surface area contributed by atoms with Gasteiger partial charge in [-0.3, -0.25) is 4.79 Å². The number of rotatable bonds is 5. The van der Waals surface area contributed by atoms with E-state index in [0.717, 1.165) is 23.5 Å². The summed E-state index contributed by atoms with van der Waals surface area (Å²) in [5.41, 5.74) is -5.60. The van der Waals surface area contributed by atoms with Gasteiger partial charge in [0.05, 0.1) is 16.1 Å². The van der Waals surface area contributed by atoms with Gasteiger partial charge in [0.25, 0.3) is 5.91 Å². The maximum absolute atomic E-state index is 13.9. The van der Waals surface area contributed by atoms with Crippen molar-refractivity contribution >= 4 is 45.4 Å². The van der Waals surface area contributed by atoms with Crippen LogP contribution in [0.2, 0.25) is 10.0 Å². The van der Waals surface area contributed by atoms with Crippen molar-refractivity contribution in [3.8, 4) is 6.07 Å². The monoisotopic (exact) mass is 503 g/mol. The molecule has 1 aromatic carbocycles.